The fourth-order valence-corrected chi connectivity index (χ4v) is 4.26. The number of aliphatic hydroxyl groups is 2. The van der Waals surface area contributed by atoms with E-state index in [-0.39, 0.29) is 6.09 Å². The topological polar surface area (TPSA) is 122 Å². The van der Waals surface area contributed by atoms with E-state index in [2.05, 4.69) is 37.9 Å². The maximum atomic E-state index is 11.9. The maximum Gasteiger partial charge on any atom is 0.407 e. The van der Waals surface area contributed by atoms with E-state index in [0.29, 0.717) is 18.5 Å². The fraction of sp³-hybridized carbons (Fsp3) is 0.625. The number of aromatic nitrogens is 3. The van der Waals surface area contributed by atoms with Crippen LogP contribution in [0.25, 0.3) is 16.6 Å². The lowest BCUT2D eigenvalue weighted by Crippen LogP contribution is -2.34. The number of hydrogen-bond donors (Lipinski definition) is 4. The molecule has 0 spiro atoms. The second-order valence-electron chi connectivity index (χ2n) is 10.4. The predicted molar refractivity (Wildman–Crippen MR) is 129 cm³/mol. The van der Waals surface area contributed by atoms with E-state index in [1.54, 1.807) is 6.33 Å². The van der Waals surface area contributed by atoms with Crippen LogP contribution in [0.1, 0.15) is 71.9 Å². The Morgan fingerprint density at radius 3 is 2.64 bits per heavy atom. The summed E-state index contributed by atoms with van der Waals surface area (Å²) in [5.74, 6) is -0.160. The molecule has 0 radical (unpaired) electrons. The molecule has 182 valence electrons. The van der Waals surface area contributed by atoms with Crippen LogP contribution in [0, 0.1) is 5.92 Å². The van der Waals surface area contributed by atoms with Crippen LogP contribution in [-0.4, -0.2) is 55.3 Å². The molecule has 33 heavy (non-hydrogen) atoms. The van der Waals surface area contributed by atoms with Crippen molar-refractivity contribution in [3.8, 4) is 0 Å². The van der Waals surface area contributed by atoms with E-state index in [0.717, 1.165) is 60.2 Å². The van der Waals surface area contributed by atoms with E-state index in [1.807, 2.05) is 20.8 Å². The molecule has 0 aromatic carbocycles. The predicted octanol–water partition coefficient (Wildman–Crippen LogP) is 3.83. The van der Waals surface area contributed by atoms with Crippen LogP contribution in [0.2, 0.25) is 0 Å². The number of amides is 1. The average molecular weight is 460 g/mol. The summed E-state index contributed by atoms with van der Waals surface area (Å²) in [4.78, 5) is 20.9. The third-order valence-corrected chi connectivity index (χ3v) is 5.55. The molecule has 2 aromatic heterocycles. The van der Waals surface area contributed by atoms with Gasteiger partial charge in [0.15, 0.2) is 5.79 Å². The highest BCUT2D eigenvalue weighted by molar-refractivity contribution is 5.99. The van der Waals surface area contributed by atoms with Crippen LogP contribution in [0.15, 0.2) is 19.1 Å². The van der Waals surface area contributed by atoms with Crippen molar-refractivity contribution in [3.63, 3.8) is 0 Å². The lowest BCUT2D eigenvalue weighted by molar-refractivity contribution is -0.127. The van der Waals surface area contributed by atoms with Crippen molar-refractivity contribution < 1.29 is 19.7 Å². The second kappa shape index (κ2) is 9.69. The summed E-state index contributed by atoms with van der Waals surface area (Å²) in [6, 6.07) is 0.372. The number of anilines is 1. The Bertz CT molecular complexity index is 997. The quantitative estimate of drug-likeness (QED) is 0.515. The smallest absolute Gasteiger partial charge is 0.407 e. The molecule has 1 amide bonds. The first kappa shape index (κ1) is 25.0. The zero-order valence-electron chi connectivity index (χ0n) is 20.3. The van der Waals surface area contributed by atoms with Crippen LogP contribution in [0.4, 0.5) is 10.6 Å². The van der Waals surface area contributed by atoms with Gasteiger partial charge in [0.2, 0.25) is 0 Å². The van der Waals surface area contributed by atoms with Gasteiger partial charge in [-0.25, -0.2) is 14.8 Å². The van der Waals surface area contributed by atoms with Crippen LogP contribution >= 0.6 is 0 Å². The van der Waals surface area contributed by atoms with E-state index >= 15 is 0 Å². The standard InChI is InChI=1S/C21H29N5O2.C3H8O2/c1-13-7-8-22-18-17-16(13)11-26(19(17)25-12-24-18)15-6-5-14(9-15)10-23-20(27)28-21(2,3)4;1-3(2,4)5/h11-12,14-15H,1,5-10H2,2-4H3,(H,23,27)(H,22,24,25);4-5H,1-2H3/t14-,15+;/m1./s1. The number of ether oxygens (including phenoxy) is 1. The van der Waals surface area contributed by atoms with Crippen LogP contribution < -0.4 is 10.6 Å². The van der Waals surface area contributed by atoms with Gasteiger partial charge in [-0.05, 0) is 71.8 Å². The lowest BCUT2D eigenvalue weighted by Gasteiger charge is -2.20. The SMILES string of the molecule is C=C1CCNc2ncnc3c2c1cn3[C@H]1CC[C@@H](CNC(=O)OC(C)(C)C)C1.CC(C)(O)O. The number of alkyl carbamates (subject to hydrolysis) is 1. The first-order chi connectivity index (χ1) is 15.3. The van der Waals surface area contributed by atoms with Crippen molar-refractivity contribution in [3.05, 3.63) is 24.7 Å². The largest absolute Gasteiger partial charge is 0.444 e. The maximum absolute atomic E-state index is 11.9. The Hall–Kier alpha value is -2.65. The Balaban J connectivity index is 0.000000555. The molecule has 2 aliphatic rings. The van der Waals surface area contributed by atoms with Crippen molar-refractivity contribution in [1.82, 2.24) is 19.9 Å². The van der Waals surface area contributed by atoms with E-state index in [1.165, 1.54) is 13.8 Å². The zero-order chi connectivity index (χ0) is 24.4. The van der Waals surface area contributed by atoms with Crippen LogP contribution in [-0.2, 0) is 4.74 Å². The van der Waals surface area contributed by atoms with Gasteiger partial charge in [-0.1, -0.05) is 6.58 Å². The number of carbonyl (C=O) groups is 1. The number of carbonyl (C=O) groups excluding carboxylic acids is 1. The summed E-state index contributed by atoms with van der Waals surface area (Å²) in [7, 11) is 0. The van der Waals surface area contributed by atoms with Gasteiger partial charge in [-0.3, -0.25) is 0 Å². The highest BCUT2D eigenvalue weighted by Gasteiger charge is 2.30. The minimum absolute atomic E-state index is 0.341. The molecule has 0 saturated heterocycles. The summed E-state index contributed by atoms with van der Waals surface area (Å²) in [6.07, 6.45) is 7.56. The fourth-order valence-electron chi connectivity index (χ4n) is 4.26. The first-order valence-electron chi connectivity index (χ1n) is 11.5. The Kier molecular flexibility index (Phi) is 7.33. The molecule has 4 rings (SSSR count). The van der Waals surface area contributed by atoms with Gasteiger partial charge in [-0.2, -0.15) is 0 Å². The van der Waals surface area contributed by atoms with Gasteiger partial charge in [0.25, 0.3) is 0 Å². The normalized spacial score (nSPS) is 20.5. The molecule has 0 unspecified atom stereocenters. The Morgan fingerprint density at radius 1 is 1.27 bits per heavy atom. The zero-order valence-corrected chi connectivity index (χ0v) is 20.3. The van der Waals surface area contributed by atoms with Gasteiger partial charge < -0.3 is 30.2 Å². The Labute approximate surface area is 195 Å². The molecule has 0 bridgehead atoms. The highest BCUT2D eigenvalue weighted by Crippen LogP contribution is 2.40. The van der Waals surface area contributed by atoms with Crippen LogP contribution in [0.3, 0.4) is 0 Å². The number of nitrogens with zero attached hydrogens (tertiary/aromatic N) is 3. The average Bonchev–Trinajstić information content (AvgIpc) is 3.24. The van der Waals surface area contributed by atoms with Gasteiger partial charge in [0.1, 0.15) is 23.4 Å². The van der Waals surface area contributed by atoms with Crippen molar-refractivity contribution in [2.24, 2.45) is 5.92 Å². The summed E-state index contributed by atoms with van der Waals surface area (Å²) >= 11 is 0. The molecule has 9 nitrogen and oxygen atoms in total. The van der Waals surface area contributed by atoms with Crippen molar-refractivity contribution in [1.29, 1.82) is 0 Å². The summed E-state index contributed by atoms with van der Waals surface area (Å²) in [5.41, 5.74) is 2.79. The molecule has 1 saturated carbocycles. The third kappa shape index (κ3) is 6.91. The summed E-state index contributed by atoms with van der Waals surface area (Å²) in [5, 5.41) is 23.6. The van der Waals surface area contributed by atoms with Gasteiger partial charge >= 0.3 is 6.09 Å². The molecule has 1 aliphatic carbocycles. The van der Waals surface area contributed by atoms with Gasteiger partial charge in [-0.15, -0.1) is 0 Å². The molecule has 2 atom stereocenters. The lowest BCUT2D eigenvalue weighted by atomic mass is 10.1. The molecule has 1 aliphatic heterocycles. The monoisotopic (exact) mass is 459 g/mol. The van der Waals surface area contributed by atoms with Gasteiger partial charge in [0, 0.05) is 30.9 Å². The minimum Gasteiger partial charge on any atom is -0.444 e. The number of hydrogen-bond acceptors (Lipinski definition) is 7. The molecule has 3 heterocycles. The first-order valence-corrected chi connectivity index (χ1v) is 11.5. The third-order valence-electron chi connectivity index (χ3n) is 5.55. The molecular formula is C24H37N5O4. The molecule has 1 fully saturated rings. The summed E-state index contributed by atoms with van der Waals surface area (Å²) in [6.45, 7) is 14.0. The minimum atomic E-state index is -1.50. The highest BCUT2D eigenvalue weighted by atomic mass is 16.6. The molecule has 9 heteroatoms. The Morgan fingerprint density at radius 2 is 1.97 bits per heavy atom. The van der Waals surface area contributed by atoms with E-state index < -0.39 is 11.4 Å². The van der Waals surface area contributed by atoms with Crippen molar-refractivity contribution >= 4 is 28.5 Å². The second-order valence-corrected chi connectivity index (χ2v) is 10.4. The molecule has 4 N–H and O–H groups in total. The van der Waals surface area contributed by atoms with Crippen molar-refractivity contribution in [2.45, 2.75) is 77.7 Å². The van der Waals surface area contributed by atoms with Crippen molar-refractivity contribution in [2.75, 3.05) is 18.4 Å². The number of rotatable bonds is 3. The van der Waals surface area contributed by atoms with E-state index in [9.17, 15) is 4.79 Å². The van der Waals surface area contributed by atoms with Gasteiger partial charge in [0.05, 0.1) is 5.39 Å². The molecule has 2 aromatic rings. The number of nitrogens with one attached hydrogen (secondary N) is 2. The summed E-state index contributed by atoms with van der Waals surface area (Å²) < 4.78 is 7.63. The molecular weight excluding hydrogens is 422 g/mol. The van der Waals surface area contributed by atoms with E-state index in [4.69, 9.17) is 14.9 Å². The van der Waals surface area contributed by atoms with Crippen LogP contribution in [0.5, 0.6) is 0 Å².